The van der Waals surface area contributed by atoms with E-state index in [4.69, 9.17) is 22.4 Å². The number of rotatable bonds is 0. The molecular formula is C6H5ClF2N2. The molecule has 0 saturated carbocycles. The first-order valence-corrected chi connectivity index (χ1v) is 2.78. The normalized spacial score (nSPS) is 6.91. The number of hydrogen-bond acceptors (Lipinski definition) is 2. The van der Waals surface area contributed by atoms with Gasteiger partial charge in [-0.05, 0) is 12.1 Å². The molecule has 0 amide bonds. The molecule has 0 spiro atoms. The minimum atomic E-state index is -0.367. The lowest BCUT2D eigenvalue weighted by molar-refractivity contribution is 0.628. The van der Waals surface area contributed by atoms with Crippen LogP contribution in [0.1, 0.15) is 0 Å². The van der Waals surface area contributed by atoms with Crippen molar-refractivity contribution in [2.24, 2.45) is 0 Å². The van der Waals surface area contributed by atoms with E-state index < -0.39 is 0 Å². The Balaban J connectivity index is 0. The van der Waals surface area contributed by atoms with Crippen molar-refractivity contribution < 1.29 is 9.09 Å². The van der Waals surface area contributed by atoms with Gasteiger partial charge < -0.3 is 0 Å². The number of nitrogens with zero attached hydrogens (tertiary/aromatic N) is 2. The fourth-order valence-electron chi connectivity index (χ4n) is 0.439. The third kappa shape index (κ3) is 4.23. The van der Waals surface area contributed by atoms with Gasteiger partial charge in [0.1, 0.15) is 5.82 Å². The molecule has 0 atom stereocenters. The second-order valence-corrected chi connectivity index (χ2v) is 1.82. The summed E-state index contributed by atoms with van der Waals surface area (Å²) in [6, 6.07) is 6.12. The van der Waals surface area contributed by atoms with Crippen molar-refractivity contribution >= 4 is 11.6 Å². The van der Waals surface area contributed by atoms with Gasteiger partial charge in [-0.2, -0.15) is 0 Å². The van der Waals surface area contributed by atoms with E-state index >= 15 is 0 Å². The van der Waals surface area contributed by atoms with Crippen LogP contribution < -0.4 is 0 Å². The lowest BCUT2D eigenvalue weighted by Gasteiger charge is -1.86. The molecule has 5 heteroatoms. The summed E-state index contributed by atoms with van der Waals surface area (Å²) in [6.45, 7) is 0. The standard InChI is InChI=1S/C6H4ClF.FH.N2/c7-5-3-1-2-4-6(5)8;;1-2/h1-4H;1H;. The molecule has 0 fully saturated rings. The summed E-state index contributed by atoms with van der Waals surface area (Å²) in [6.07, 6.45) is 0. The Labute approximate surface area is 67.4 Å². The van der Waals surface area contributed by atoms with Gasteiger partial charge in [0, 0.05) is 10.8 Å². The Hall–Kier alpha value is -1.21. The fraction of sp³-hybridized carbons (Fsp3) is 0. The van der Waals surface area contributed by atoms with E-state index in [1.54, 1.807) is 12.1 Å². The predicted octanol–water partition coefficient (Wildman–Crippen LogP) is 2.66. The molecule has 1 rings (SSSR count). The maximum Gasteiger partial charge on any atom is 0.141 e. The number of benzene rings is 1. The second kappa shape index (κ2) is 6.90. The molecule has 0 aliphatic heterocycles. The summed E-state index contributed by atoms with van der Waals surface area (Å²) in [4.78, 5) is 0. The van der Waals surface area contributed by atoms with Crippen LogP contribution in [0.25, 0.3) is 0 Å². The Morgan fingerprint density at radius 3 is 1.91 bits per heavy atom. The van der Waals surface area contributed by atoms with E-state index in [1.807, 2.05) is 0 Å². The van der Waals surface area contributed by atoms with Gasteiger partial charge in [0.05, 0.1) is 5.02 Å². The Morgan fingerprint density at radius 1 is 1.18 bits per heavy atom. The van der Waals surface area contributed by atoms with Gasteiger partial charge in [-0.1, -0.05) is 23.7 Å². The molecule has 1 aromatic carbocycles. The average molecular weight is 179 g/mol. The van der Waals surface area contributed by atoms with E-state index in [2.05, 4.69) is 0 Å². The SMILES string of the molecule is F.Fc1ccccc1Cl.N#N. The molecule has 0 saturated heterocycles. The average Bonchev–Trinajstić information content (AvgIpc) is 2.00. The highest BCUT2D eigenvalue weighted by Gasteiger charge is 1.91. The van der Waals surface area contributed by atoms with Crippen LogP contribution in [0.15, 0.2) is 24.3 Å². The maximum atomic E-state index is 12.2. The van der Waals surface area contributed by atoms with Gasteiger partial charge in [0.15, 0.2) is 0 Å². The molecule has 60 valence electrons. The van der Waals surface area contributed by atoms with Crippen LogP contribution in [0.4, 0.5) is 9.09 Å². The van der Waals surface area contributed by atoms with Crippen LogP contribution in [-0.2, 0) is 0 Å². The second-order valence-electron chi connectivity index (χ2n) is 1.41. The van der Waals surface area contributed by atoms with Crippen molar-refractivity contribution in [3.05, 3.63) is 35.1 Å². The molecular weight excluding hydrogens is 174 g/mol. The Bertz CT molecular complexity index is 206. The zero-order chi connectivity index (χ0) is 7.98. The Kier molecular flexibility index (Phi) is 7.82. The highest BCUT2D eigenvalue weighted by Crippen LogP contribution is 2.11. The highest BCUT2D eigenvalue weighted by molar-refractivity contribution is 6.30. The van der Waals surface area contributed by atoms with Crippen molar-refractivity contribution in [1.29, 1.82) is 10.8 Å². The van der Waals surface area contributed by atoms with Gasteiger partial charge in [-0.25, -0.2) is 4.39 Å². The van der Waals surface area contributed by atoms with Crippen molar-refractivity contribution in [2.75, 3.05) is 0 Å². The molecule has 0 aliphatic rings. The lowest BCUT2D eigenvalue weighted by Crippen LogP contribution is -1.70. The molecule has 0 heterocycles. The summed E-state index contributed by atoms with van der Waals surface area (Å²) in [5, 5.41) is 12.2. The van der Waals surface area contributed by atoms with Crippen LogP contribution in [0.2, 0.25) is 5.02 Å². The highest BCUT2D eigenvalue weighted by atomic mass is 35.5. The molecule has 0 bridgehead atoms. The van der Waals surface area contributed by atoms with Gasteiger partial charge in [0.2, 0.25) is 0 Å². The third-order valence-electron chi connectivity index (χ3n) is 0.824. The first kappa shape index (κ1) is 12.5. The smallest absolute Gasteiger partial charge is 0.141 e. The van der Waals surface area contributed by atoms with Gasteiger partial charge in [0.25, 0.3) is 0 Å². The Morgan fingerprint density at radius 2 is 1.64 bits per heavy atom. The first-order chi connectivity index (χ1) is 4.80. The zero-order valence-electron chi connectivity index (χ0n) is 5.37. The molecule has 1 aromatic rings. The molecule has 0 aromatic heterocycles. The van der Waals surface area contributed by atoms with Gasteiger partial charge in [-0.3, -0.25) is 4.70 Å². The van der Waals surface area contributed by atoms with Gasteiger partial charge in [-0.15, -0.1) is 0 Å². The molecule has 0 N–H and O–H groups in total. The minimum absolute atomic E-state index is 0. The van der Waals surface area contributed by atoms with E-state index in [1.165, 1.54) is 12.1 Å². The number of halogens is 3. The van der Waals surface area contributed by atoms with Crippen LogP contribution in [0, 0.1) is 16.6 Å². The maximum absolute atomic E-state index is 12.2. The molecule has 0 aliphatic carbocycles. The van der Waals surface area contributed by atoms with Crippen LogP contribution >= 0.6 is 11.6 Å². The quantitative estimate of drug-likeness (QED) is 0.574. The van der Waals surface area contributed by atoms with Crippen LogP contribution in [0.3, 0.4) is 0 Å². The first-order valence-electron chi connectivity index (χ1n) is 2.41. The summed E-state index contributed by atoms with van der Waals surface area (Å²) in [5.74, 6) is -0.367. The fourth-order valence-corrected chi connectivity index (χ4v) is 0.575. The van der Waals surface area contributed by atoms with E-state index in [-0.39, 0.29) is 15.5 Å². The third-order valence-corrected chi connectivity index (χ3v) is 1.13. The van der Waals surface area contributed by atoms with Crippen LogP contribution in [0.5, 0.6) is 0 Å². The summed E-state index contributed by atoms with van der Waals surface area (Å²) >= 11 is 5.33. The molecule has 0 unspecified atom stereocenters. The summed E-state index contributed by atoms with van der Waals surface area (Å²) in [5.41, 5.74) is 0. The molecule has 11 heavy (non-hydrogen) atoms. The zero-order valence-corrected chi connectivity index (χ0v) is 6.12. The van der Waals surface area contributed by atoms with Crippen molar-refractivity contribution in [2.45, 2.75) is 0 Å². The minimum Gasteiger partial charge on any atom is -0.269 e. The predicted molar refractivity (Wildman–Crippen MR) is 37.4 cm³/mol. The number of hydrogen-bond donors (Lipinski definition) is 0. The van der Waals surface area contributed by atoms with Gasteiger partial charge >= 0.3 is 0 Å². The van der Waals surface area contributed by atoms with Crippen LogP contribution in [-0.4, -0.2) is 0 Å². The van der Waals surface area contributed by atoms with Crippen molar-refractivity contribution in [3.63, 3.8) is 0 Å². The molecule has 2 nitrogen and oxygen atoms in total. The lowest BCUT2D eigenvalue weighted by atomic mass is 10.4. The van der Waals surface area contributed by atoms with Crippen molar-refractivity contribution in [3.8, 4) is 0 Å². The van der Waals surface area contributed by atoms with Crippen molar-refractivity contribution in [1.82, 2.24) is 0 Å². The van der Waals surface area contributed by atoms with E-state index in [9.17, 15) is 4.39 Å². The van der Waals surface area contributed by atoms with E-state index in [0.717, 1.165) is 0 Å². The summed E-state index contributed by atoms with van der Waals surface area (Å²) < 4.78 is 12.2. The molecule has 0 radical (unpaired) electrons. The largest absolute Gasteiger partial charge is 0.269 e. The topological polar surface area (TPSA) is 47.6 Å². The van der Waals surface area contributed by atoms with E-state index in [0.29, 0.717) is 0 Å². The summed E-state index contributed by atoms with van der Waals surface area (Å²) in [7, 11) is 0. The monoisotopic (exact) mass is 178 g/mol.